The van der Waals surface area contributed by atoms with Crippen molar-refractivity contribution >= 4 is 8.32 Å². The lowest BCUT2D eigenvalue weighted by molar-refractivity contribution is -0.172. The SMILES string of the molecule is CC(C)(C)[Si](C)(C)O[C@]1(C)COCCN1Cc1ccccc1. The van der Waals surface area contributed by atoms with Crippen LogP contribution in [0.3, 0.4) is 0 Å². The first-order valence-electron chi connectivity index (χ1n) is 8.21. The summed E-state index contributed by atoms with van der Waals surface area (Å²) < 4.78 is 12.5. The highest BCUT2D eigenvalue weighted by Gasteiger charge is 2.46. The zero-order chi connectivity index (χ0) is 16.4. The minimum atomic E-state index is -1.85. The molecule has 0 bridgehead atoms. The molecule has 22 heavy (non-hydrogen) atoms. The molecule has 1 aliphatic rings. The Balaban J connectivity index is 2.17. The van der Waals surface area contributed by atoms with E-state index >= 15 is 0 Å². The van der Waals surface area contributed by atoms with Crippen LogP contribution in [-0.4, -0.2) is 38.7 Å². The number of ether oxygens (including phenoxy) is 1. The minimum Gasteiger partial charge on any atom is -0.397 e. The van der Waals surface area contributed by atoms with Crippen molar-refractivity contribution in [1.82, 2.24) is 4.90 Å². The van der Waals surface area contributed by atoms with Gasteiger partial charge in [0.1, 0.15) is 5.72 Å². The molecule has 0 N–H and O–H groups in total. The molecule has 1 saturated heterocycles. The predicted octanol–water partition coefficient (Wildman–Crippen LogP) is 4.26. The second-order valence-corrected chi connectivity index (χ2v) is 12.7. The number of rotatable bonds is 4. The van der Waals surface area contributed by atoms with Gasteiger partial charge in [-0.3, -0.25) is 4.90 Å². The van der Waals surface area contributed by atoms with Crippen molar-refractivity contribution in [3.8, 4) is 0 Å². The number of nitrogens with zero attached hydrogens (tertiary/aromatic N) is 1. The minimum absolute atomic E-state index is 0.200. The van der Waals surface area contributed by atoms with Crippen molar-refractivity contribution in [3.05, 3.63) is 35.9 Å². The van der Waals surface area contributed by atoms with E-state index in [2.05, 4.69) is 76.0 Å². The summed E-state index contributed by atoms with van der Waals surface area (Å²) in [5.41, 5.74) is 0.992. The lowest BCUT2D eigenvalue weighted by Gasteiger charge is -2.50. The van der Waals surface area contributed by atoms with Crippen LogP contribution < -0.4 is 0 Å². The van der Waals surface area contributed by atoms with Gasteiger partial charge in [0.2, 0.25) is 0 Å². The van der Waals surface area contributed by atoms with E-state index in [1.807, 2.05) is 0 Å². The van der Waals surface area contributed by atoms with Crippen molar-refractivity contribution in [2.75, 3.05) is 19.8 Å². The summed E-state index contributed by atoms with van der Waals surface area (Å²) in [5, 5.41) is 0.200. The van der Waals surface area contributed by atoms with Gasteiger partial charge in [0.15, 0.2) is 8.32 Å². The van der Waals surface area contributed by atoms with Crippen molar-refractivity contribution in [2.45, 2.75) is 58.1 Å². The molecule has 0 amide bonds. The van der Waals surface area contributed by atoms with Gasteiger partial charge in [-0.25, -0.2) is 0 Å². The number of hydrogen-bond donors (Lipinski definition) is 0. The molecule has 1 fully saturated rings. The maximum absolute atomic E-state index is 6.76. The van der Waals surface area contributed by atoms with Crippen LogP contribution in [0.4, 0.5) is 0 Å². The first kappa shape index (κ1) is 17.7. The molecule has 124 valence electrons. The quantitative estimate of drug-likeness (QED) is 0.774. The van der Waals surface area contributed by atoms with E-state index in [4.69, 9.17) is 9.16 Å². The van der Waals surface area contributed by atoms with Gasteiger partial charge in [-0.15, -0.1) is 0 Å². The van der Waals surface area contributed by atoms with Gasteiger partial charge < -0.3 is 9.16 Å². The van der Waals surface area contributed by atoms with E-state index in [1.165, 1.54) is 5.56 Å². The third-order valence-electron chi connectivity index (χ3n) is 5.04. The van der Waals surface area contributed by atoms with E-state index in [1.54, 1.807) is 0 Å². The summed E-state index contributed by atoms with van der Waals surface area (Å²) in [7, 11) is -1.85. The third kappa shape index (κ3) is 3.99. The average molecular weight is 322 g/mol. The topological polar surface area (TPSA) is 21.7 Å². The highest BCUT2D eigenvalue weighted by molar-refractivity contribution is 6.74. The van der Waals surface area contributed by atoms with E-state index in [0.29, 0.717) is 6.61 Å². The number of benzene rings is 1. The first-order chi connectivity index (χ1) is 10.1. The molecular weight excluding hydrogens is 290 g/mol. The molecule has 1 atom stereocenters. The summed E-state index contributed by atoms with van der Waals surface area (Å²) >= 11 is 0. The van der Waals surface area contributed by atoms with Gasteiger partial charge in [0, 0.05) is 13.1 Å². The molecule has 0 aromatic heterocycles. The fourth-order valence-corrected chi connectivity index (χ4v) is 4.20. The lowest BCUT2D eigenvalue weighted by atomic mass is 10.1. The summed E-state index contributed by atoms with van der Waals surface area (Å²) in [5.74, 6) is 0. The molecule has 1 heterocycles. The Morgan fingerprint density at radius 1 is 1.23 bits per heavy atom. The van der Waals surface area contributed by atoms with Gasteiger partial charge in [0.25, 0.3) is 0 Å². The molecule has 0 unspecified atom stereocenters. The fraction of sp³-hybridized carbons (Fsp3) is 0.667. The average Bonchev–Trinajstić information content (AvgIpc) is 2.41. The maximum atomic E-state index is 6.76. The largest absolute Gasteiger partial charge is 0.397 e. The van der Waals surface area contributed by atoms with E-state index in [9.17, 15) is 0 Å². The fourth-order valence-electron chi connectivity index (χ4n) is 2.61. The molecule has 1 aromatic carbocycles. The van der Waals surface area contributed by atoms with Crippen LogP contribution in [0.2, 0.25) is 18.1 Å². The predicted molar refractivity (Wildman–Crippen MR) is 94.4 cm³/mol. The Labute approximate surface area is 136 Å². The summed E-state index contributed by atoms with van der Waals surface area (Å²) in [4.78, 5) is 2.44. The van der Waals surface area contributed by atoms with Crippen molar-refractivity contribution < 1.29 is 9.16 Å². The summed E-state index contributed by atoms with van der Waals surface area (Å²) in [6.07, 6.45) is 0. The van der Waals surface area contributed by atoms with Crippen molar-refractivity contribution in [3.63, 3.8) is 0 Å². The molecule has 0 spiro atoms. The zero-order valence-electron chi connectivity index (χ0n) is 15.0. The lowest BCUT2D eigenvalue weighted by Crippen LogP contribution is -2.61. The van der Waals surface area contributed by atoms with E-state index < -0.39 is 8.32 Å². The highest BCUT2D eigenvalue weighted by atomic mass is 28.4. The van der Waals surface area contributed by atoms with Gasteiger partial charge in [0.05, 0.1) is 13.2 Å². The maximum Gasteiger partial charge on any atom is 0.194 e. The number of morpholine rings is 1. The molecule has 2 rings (SSSR count). The molecule has 4 heteroatoms. The Hall–Kier alpha value is -0.683. The molecule has 1 aromatic rings. The Morgan fingerprint density at radius 2 is 1.86 bits per heavy atom. The van der Waals surface area contributed by atoms with Crippen LogP contribution in [0.1, 0.15) is 33.3 Å². The second-order valence-electron chi connectivity index (χ2n) is 8.00. The van der Waals surface area contributed by atoms with Crippen molar-refractivity contribution in [1.29, 1.82) is 0 Å². The van der Waals surface area contributed by atoms with Gasteiger partial charge in [-0.1, -0.05) is 51.1 Å². The summed E-state index contributed by atoms with van der Waals surface area (Å²) in [6.45, 7) is 16.9. The van der Waals surface area contributed by atoms with Gasteiger partial charge in [-0.2, -0.15) is 0 Å². The molecule has 3 nitrogen and oxygen atoms in total. The van der Waals surface area contributed by atoms with Crippen LogP contribution in [0.5, 0.6) is 0 Å². The second kappa shape index (κ2) is 6.44. The molecule has 0 aliphatic carbocycles. The highest BCUT2D eigenvalue weighted by Crippen LogP contribution is 2.40. The molecule has 0 saturated carbocycles. The van der Waals surface area contributed by atoms with Crippen LogP contribution >= 0.6 is 0 Å². The smallest absolute Gasteiger partial charge is 0.194 e. The van der Waals surface area contributed by atoms with Crippen LogP contribution in [0, 0.1) is 0 Å². The van der Waals surface area contributed by atoms with Crippen LogP contribution in [-0.2, 0) is 15.7 Å². The Bertz CT molecular complexity index is 484. The van der Waals surface area contributed by atoms with E-state index in [-0.39, 0.29) is 10.8 Å². The molecular formula is C18H31NO2Si. The Kier molecular flexibility index (Phi) is 5.17. The zero-order valence-corrected chi connectivity index (χ0v) is 16.0. The molecule has 0 radical (unpaired) electrons. The van der Waals surface area contributed by atoms with Crippen molar-refractivity contribution in [2.24, 2.45) is 0 Å². The molecule has 1 aliphatic heterocycles. The van der Waals surface area contributed by atoms with Gasteiger partial charge in [-0.05, 0) is 30.6 Å². The summed E-state index contributed by atoms with van der Waals surface area (Å²) in [6, 6.07) is 10.6. The van der Waals surface area contributed by atoms with Crippen LogP contribution in [0.25, 0.3) is 0 Å². The normalized spacial score (nSPS) is 24.5. The monoisotopic (exact) mass is 321 g/mol. The van der Waals surface area contributed by atoms with Crippen LogP contribution in [0.15, 0.2) is 30.3 Å². The third-order valence-corrected chi connectivity index (χ3v) is 9.60. The van der Waals surface area contributed by atoms with E-state index in [0.717, 1.165) is 19.7 Å². The standard InChI is InChI=1S/C18H31NO2Si/c1-17(2,3)22(5,6)21-18(4)15-20-13-12-19(18)14-16-10-8-7-9-11-16/h7-11H,12-15H2,1-6H3/t18-/m1/s1. The van der Waals surface area contributed by atoms with Gasteiger partial charge >= 0.3 is 0 Å². The number of hydrogen-bond acceptors (Lipinski definition) is 3. The first-order valence-corrected chi connectivity index (χ1v) is 11.1. The Morgan fingerprint density at radius 3 is 2.45 bits per heavy atom.